The number of hydrogen-bond donors (Lipinski definition) is 1. The maximum atomic E-state index is 6.18. The van der Waals surface area contributed by atoms with Crippen LogP contribution in [0, 0.1) is 6.92 Å². The Morgan fingerprint density at radius 3 is 2.62 bits per heavy atom. The minimum atomic E-state index is 0.0368. The highest BCUT2D eigenvalue weighted by molar-refractivity contribution is 5.32. The number of aryl methyl sites for hydroxylation is 2. The van der Waals surface area contributed by atoms with Crippen molar-refractivity contribution in [2.45, 2.75) is 38.3 Å². The summed E-state index contributed by atoms with van der Waals surface area (Å²) >= 11 is 0. The fourth-order valence-electron chi connectivity index (χ4n) is 3.41. The van der Waals surface area contributed by atoms with Crippen molar-refractivity contribution in [1.82, 2.24) is 4.90 Å². The Hall–Kier alpha value is -1.58. The van der Waals surface area contributed by atoms with Crippen LogP contribution in [0.25, 0.3) is 0 Å². The van der Waals surface area contributed by atoms with Gasteiger partial charge in [0.1, 0.15) is 11.5 Å². The fraction of sp³-hybridized carbons (Fsp3) is 0.444. The minimum absolute atomic E-state index is 0.0368. The zero-order chi connectivity index (χ0) is 14.9. The van der Waals surface area contributed by atoms with Crippen LogP contribution in [0.2, 0.25) is 0 Å². The Morgan fingerprint density at radius 2 is 1.95 bits per heavy atom. The molecule has 1 aliphatic carbocycles. The van der Waals surface area contributed by atoms with E-state index in [9.17, 15) is 0 Å². The molecule has 0 saturated heterocycles. The number of fused-ring (bicyclic) bond motifs is 1. The molecule has 1 heterocycles. The van der Waals surface area contributed by atoms with Gasteiger partial charge in [-0.15, -0.1) is 0 Å². The van der Waals surface area contributed by atoms with Gasteiger partial charge in [-0.05, 0) is 56.5 Å². The van der Waals surface area contributed by atoms with Gasteiger partial charge in [-0.25, -0.2) is 0 Å². The number of likely N-dealkylation sites (N-methyl/N-ethyl adjacent to an activating group) is 1. The molecule has 1 atom stereocenters. The second kappa shape index (κ2) is 5.66. The van der Waals surface area contributed by atoms with Gasteiger partial charge in [0.2, 0.25) is 0 Å². The average molecular weight is 284 g/mol. The van der Waals surface area contributed by atoms with Crippen molar-refractivity contribution in [3.8, 4) is 0 Å². The summed E-state index contributed by atoms with van der Waals surface area (Å²) < 4.78 is 5.72. The number of benzene rings is 1. The van der Waals surface area contributed by atoms with Crippen molar-refractivity contribution in [2.75, 3.05) is 13.6 Å². The molecule has 0 aliphatic heterocycles. The van der Waals surface area contributed by atoms with Crippen molar-refractivity contribution in [2.24, 2.45) is 5.73 Å². The second-order valence-electron chi connectivity index (χ2n) is 6.24. The molecule has 1 unspecified atom stereocenters. The lowest BCUT2D eigenvalue weighted by atomic mass is 9.77. The molecular weight excluding hydrogens is 260 g/mol. The zero-order valence-corrected chi connectivity index (χ0v) is 12.9. The Kier molecular flexibility index (Phi) is 3.87. The van der Waals surface area contributed by atoms with Crippen molar-refractivity contribution in [3.05, 3.63) is 59.0 Å². The van der Waals surface area contributed by atoms with E-state index >= 15 is 0 Å². The molecule has 1 aliphatic rings. The molecule has 0 bridgehead atoms. The second-order valence-corrected chi connectivity index (χ2v) is 6.24. The highest BCUT2D eigenvalue weighted by atomic mass is 16.3. The van der Waals surface area contributed by atoms with Gasteiger partial charge in [-0.2, -0.15) is 0 Å². The first-order valence-electron chi connectivity index (χ1n) is 7.66. The molecule has 21 heavy (non-hydrogen) atoms. The summed E-state index contributed by atoms with van der Waals surface area (Å²) in [7, 11) is 2.17. The van der Waals surface area contributed by atoms with Gasteiger partial charge in [0, 0.05) is 12.1 Å². The maximum absolute atomic E-state index is 6.18. The van der Waals surface area contributed by atoms with Gasteiger partial charge in [0.15, 0.2) is 0 Å². The molecule has 2 N–H and O–H groups in total. The van der Waals surface area contributed by atoms with Gasteiger partial charge in [-0.1, -0.05) is 24.3 Å². The molecule has 0 amide bonds. The monoisotopic (exact) mass is 284 g/mol. The third-order valence-corrected chi connectivity index (χ3v) is 4.88. The number of rotatable bonds is 4. The van der Waals surface area contributed by atoms with E-state index in [0.717, 1.165) is 37.3 Å². The summed E-state index contributed by atoms with van der Waals surface area (Å²) in [6.45, 7) is 3.48. The first kappa shape index (κ1) is 14.4. The van der Waals surface area contributed by atoms with Crippen LogP contribution < -0.4 is 5.73 Å². The van der Waals surface area contributed by atoms with Crippen molar-refractivity contribution < 1.29 is 4.42 Å². The molecule has 0 spiro atoms. The molecule has 1 aromatic carbocycles. The smallest absolute Gasteiger partial charge is 0.118 e. The SMILES string of the molecule is Cc1ccc(CN(C)C2(CN)CCc3ccccc3C2)o1. The first-order chi connectivity index (χ1) is 10.1. The lowest BCUT2D eigenvalue weighted by Gasteiger charge is -2.44. The number of nitrogens with two attached hydrogens (primary N) is 1. The summed E-state index contributed by atoms with van der Waals surface area (Å²) in [6, 6.07) is 12.8. The van der Waals surface area contributed by atoms with Crippen LogP contribution in [0.4, 0.5) is 0 Å². The van der Waals surface area contributed by atoms with Gasteiger partial charge in [0.25, 0.3) is 0 Å². The van der Waals surface area contributed by atoms with E-state index in [-0.39, 0.29) is 5.54 Å². The van der Waals surface area contributed by atoms with E-state index in [1.165, 1.54) is 11.1 Å². The molecular formula is C18H24N2O. The first-order valence-corrected chi connectivity index (χ1v) is 7.66. The average Bonchev–Trinajstić information content (AvgIpc) is 2.91. The topological polar surface area (TPSA) is 42.4 Å². The third kappa shape index (κ3) is 2.76. The predicted molar refractivity (Wildman–Crippen MR) is 85.2 cm³/mol. The number of hydrogen-bond acceptors (Lipinski definition) is 3. The molecule has 0 saturated carbocycles. The van der Waals surface area contributed by atoms with Crippen molar-refractivity contribution >= 4 is 0 Å². The van der Waals surface area contributed by atoms with Gasteiger partial charge in [-0.3, -0.25) is 4.90 Å². The standard InChI is InChI=1S/C18H24N2O/c1-14-7-8-17(21-14)12-20(2)18(13-19)10-9-15-5-3-4-6-16(15)11-18/h3-8H,9-13,19H2,1-2H3. The fourth-order valence-corrected chi connectivity index (χ4v) is 3.41. The lowest BCUT2D eigenvalue weighted by molar-refractivity contribution is 0.0931. The van der Waals surface area contributed by atoms with E-state index in [0.29, 0.717) is 6.54 Å². The van der Waals surface area contributed by atoms with Gasteiger partial charge in [0.05, 0.1) is 6.54 Å². The van der Waals surface area contributed by atoms with Crippen LogP contribution in [-0.4, -0.2) is 24.0 Å². The molecule has 3 nitrogen and oxygen atoms in total. The molecule has 3 rings (SSSR count). The maximum Gasteiger partial charge on any atom is 0.118 e. The summed E-state index contributed by atoms with van der Waals surface area (Å²) in [5, 5.41) is 0. The largest absolute Gasteiger partial charge is 0.465 e. The van der Waals surface area contributed by atoms with E-state index in [1.807, 2.05) is 13.0 Å². The van der Waals surface area contributed by atoms with Gasteiger partial charge >= 0.3 is 0 Å². The minimum Gasteiger partial charge on any atom is -0.465 e. The summed E-state index contributed by atoms with van der Waals surface area (Å²) in [4.78, 5) is 2.38. The molecule has 112 valence electrons. The van der Waals surface area contributed by atoms with Crippen LogP contribution in [0.5, 0.6) is 0 Å². The Bertz CT molecular complexity index is 619. The molecule has 0 radical (unpaired) electrons. The predicted octanol–water partition coefficient (Wildman–Crippen LogP) is 2.91. The van der Waals surface area contributed by atoms with Crippen LogP contribution in [-0.2, 0) is 19.4 Å². The normalized spacial score (nSPS) is 21.5. The highest BCUT2D eigenvalue weighted by Crippen LogP contribution is 2.33. The van der Waals surface area contributed by atoms with E-state index in [4.69, 9.17) is 10.2 Å². The Morgan fingerprint density at radius 1 is 1.19 bits per heavy atom. The molecule has 1 aromatic heterocycles. The van der Waals surface area contributed by atoms with Crippen molar-refractivity contribution in [1.29, 1.82) is 0 Å². The Labute approximate surface area is 126 Å². The lowest BCUT2D eigenvalue weighted by Crippen LogP contribution is -2.55. The molecule has 2 aromatic rings. The summed E-state index contributed by atoms with van der Waals surface area (Å²) in [6.07, 6.45) is 3.24. The zero-order valence-electron chi connectivity index (χ0n) is 12.9. The highest BCUT2D eigenvalue weighted by Gasteiger charge is 2.37. The number of nitrogens with zero attached hydrogens (tertiary/aromatic N) is 1. The van der Waals surface area contributed by atoms with Crippen molar-refractivity contribution in [3.63, 3.8) is 0 Å². The van der Waals surface area contributed by atoms with E-state index < -0.39 is 0 Å². The van der Waals surface area contributed by atoms with E-state index in [1.54, 1.807) is 0 Å². The Balaban J connectivity index is 1.81. The van der Waals surface area contributed by atoms with Crippen LogP contribution in [0.1, 0.15) is 29.1 Å². The van der Waals surface area contributed by atoms with Gasteiger partial charge < -0.3 is 10.2 Å². The third-order valence-electron chi connectivity index (χ3n) is 4.88. The quantitative estimate of drug-likeness (QED) is 0.938. The van der Waals surface area contributed by atoms with E-state index in [2.05, 4.69) is 42.3 Å². The number of furan rings is 1. The molecule has 0 fully saturated rings. The van der Waals surface area contributed by atoms with Crippen LogP contribution in [0.3, 0.4) is 0 Å². The summed E-state index contributed by atoms with van der Waals surface area (Å²) in [5.41, 5.74) is 9.14. The molecule has 3 heteroatoms. The van der Waals surface area contributed by atoms with Crippen LogP contribution >= 0.6 is 0 Å². The van der Waals surface area contributed by atoms with Crippen LogP contribution in [0.15, 0.2) is 40.8 Å². The summed E-state index contributed by atoms with van der Waals surface area (Å²) in [5.74, 6) is 1.98.